The summed E-state index contributed by atoms with van der Waals surface area (Å²) in [7, 11) is 0. The van der Waals surface area contributed by atoms with E-state index >= 15 is 0 Å². The van der Waals surface area contributed by atoms with Gasteiger partial charge in [0.1, 0.15) is 6.61 Å². The quantitative estimate of drug-likeness (QED) is 0.404. The van der Waals surface area contributed by atoms with Gasteiger partial charge in [0.25, 0.3) is 11.1 Å². The Morgan fingerprint density at radius 1 is 1.16 bits per heavy atom. The number of nitrogens with one attached hydrogen (secondary N) is 3. The maximum Gasteiger partial charge on any atom is 0.323 e. The van der Waals surface area contributed by atoms with Gasteiger partial charge in [-0.15, -0.1) is 10.2 Å². The fourth-order valence-electron chi connectivity index (χ4n) is 3.10. The van der Waals surface area contributed by atoms with Gasteiger partial charge in [0, 0.05) is 5.69 Å². The van der Waals surface area contributed by atoms with Gasteiger partial charge in [-0.25, -0.2) is 4.79 Å². The molecule has 3 heterocycles. The van der Waals surface area contributed by atoms with Crippen molar-refractivity contribution in [2.75, 3.05) is 11.9 Å². The molecule has 0 fully saturated rings. The summed E-state index contributed by atoms with van der Waals surface area (Å²) in [5.74, 6) is 1.32. The molecular formula is C20H17N5O5S. The van der Waals surface area contributed by atoms with E-state index in [-0.39, 0.29) is 29.3 Å². The third-order valence-corrected chi connectivity index (χ3v) is 5.57. The number of aromatic amines is 2. The van der Waals surface area contributed by atoms with Crippen molar-refractivity contribution in [1.82, 2.24) is 20.2 Å². The molecule has 2 unspecified atom stereocenters. The molecule has 2 aromatic heterocycles. The number of para-hydroxylation sites is 2. The van der Waals surface area contributed by atoms with Crippen LogP contribution in [0.25, 0.3) is 11.0 Å². The van der Waals surface area contributed by atoms with E-state index in [2.05, 4.69) is 25.5 Å². The van der Waals surface area contributed by atoms with E-state index in [0.717, 1.165) is 11.8 Å². The average molecular weight is 439 g/mol. The lowest BCUT2D eigenvalue weighted by Crippen LogP contribution is -2.22. The molecule has 3 N–H and O–H groups in total. The van der Waals surface area contributed by atoms with Gasteiger partial charge in [-0.3, -0.25) is 4.79 Å². The van der Waals surface area contributed by atoms with Gasteiger partial charge in [0.05, 0.1) is 16.3 Å². The zero-order chi connectivity index (χ0) is 21.4. The van der Waals surface area contributed by atoms with Crippen LogP contribution >= 0.6 is 11.8 Å². The van der Waals surface area contributed by atoms with Gasteiger partial charge in [0.15, 0.2) is 11.5 Å². The minimum atomic E-state index is -0.517. The molecule has 1 aliphatic heterocycles. The van der Waals surface area contributed by atoms with Crippen LogP contribution in [-0.2, 0) is 4.79 Å². The Labute approximate surface area is 179 Å². The number of anilines is 1. The lowest BCUT2D eigenvalue weighted by atomic mass is 10.2. The predicted molar refractivity (Wildman–Crippen MR) is 112 cm³/mol. The molecular weight excluding hydrogens is 422 g/mol. The molecule has 0 saturated heterocycles. The number of hydrogen-bond acceptors (Lipinski definition) is 8. The first-order chi connectivity index (χ1) is 15.0. The highest BCUT2D eigenvalue weighted by atomic mass is 32.2. The van der Waals surface area contributed by atoms with Crippen LogP contribution in [0.1, 0.15) is 18.9 Å². The van der Waals surface area contributed by atoms with E-state index in [0.29, 0.717) is 28.2 Å². The molecule has 4 aromatic rings. The number of hydrogen-bond donors (Lipinski definition) is 3. The number of ether oxygens (including phenoxy) is 2. The normalized spacial score (nSPS) is 16.2. The van der Waals surface area contributed by atoms with Crippen LogP contribution < -0.4 is 20.5 Å². The molecule has 1 aliphatic rings. The van der Waals surface area contributed by atoms with Gasteiger partial charge in [-0.2, -0.15) is 0 Å². The Hall–Kier alpha value is -3.73. The Morgan fingerprint density at radius 2 is 1.97 bits per heavy atom. The summed E-state index contributed by atoms with van der Waals surface area (Å²) in [4.78, 5) is 29.2. The Balaban J connectivity index is 1.22. The molecule has 0 radical (unpaired) electrons. The Kier molecular flexibility index (Phi) is 4.86. The highest BCUT2D eigenvalue weighted by molar-refractivity contribution is 8.00. The summed E-state index contributed by atoms with van der Waals surface area (Å²) in [6.07, 6.45) is -0.517. The molecule has 158 valence electrons. The number of rotatable bonds is 5. The van der Waals surface area contributed by atoms with Crippen molar-refractivity contribution in [3.63, 3.8) is 0 Å². The average Bonchev–Trinajstić information content (AvgIpc) is 3.38. The van der Waals surface area contributed by atoms with Gasteiger partial charge >= 0.3 is 5.69 Å². The van der Waals surface area contributed by atoms with Gasteiger partial charge < -0.3 is 29.2 Å². The predicted octanol–water partition coefficient (Wildman–Crippen LogP) is 2.87. The first kappa shape index (κ1) is 19.2. The zero-order valence-corrected chi connectivity index (χ0v) is 17.1. The van der Waals surface area contributed by atoms with E-state index in [1.165, 1.54) is 0 Å². The van der Waals surface area contributed by atoms with Crippen molar-refractivity contribution in [3.05, 3.63) is 58.8 Å². The van der Waals surface area contributed by atoms with Crippen molar-refractivity contribution in [3.8, 4) is 11.5 Å². The molecule has 0 spiro atoms. The van der Waals surface area contributed by atoms with Crippen LogP contribution in [0.4, 0.5) is 5.69 Å². The third kappa shape index (κ3) is 3.99. The van der Waals surface area contributed by atoms with E-state index in [1.807, 2.05) is 18.2 Å². The molecule has 0 saturated carbocycles. The summed E-state index contributed by atoms with van der Waals surface area (Å²) in [6, 6.07) is 12.5. The van der Waals surface area contributed by atoms with Crippen molar-refractivity contribution in [2.45, 2.75) is 23.5 Å². The fraction of sp³-hybridized carbons (Fsp3) is 0.200. The summed E-state index contributed by atoms with van der Waals surface area (Å²) in [5, 5.41) is 10.6. The highest BCUT2D eigenvalue weighted by Crippen LogP contribution is 2.36. The van der Waals surface area contributed by atoms with Crippen LogP contribution in [0.3, 0.4) is 0 Å². The third-order valence-electron chi connectivity index (χ3n) is 4.64. The standard InChI is InChI=1S/C20H17N5O5S/c1-10(17(26)21-11-6-7-12-13(8-11)23-19(27)22-12)31-20-25-24-18(30-20)16-9-28-14-4-2-3-5-15(14)29-16/h2-8,10,16H,9H2,1H3,(H,21,26)(H2,22,23,27). The molecule has 5 rings (SSSR count). The minimum Gasteiger partial charge on any atom is -0.485 e. The van der Waals surface area contributed by atoms with Gasteiger partial charge in [0.2, 0.25) is 12.0 Å². The van der Waals surface area contributed by atoms with Crippen LogP contribution in [0.15, 0.2) is 56.9 Å². The molecule has 2 aromatic carbocycles. The molecule has 10 nitrogen and oxygen atoms in total. The monoisotopic (exact) mass is 439 g/mol. The van der Waals surface area contributed by atoms with E-state index in [9.17, 15) is 9.59 Å². The van der Waals surface area contributed by atoms with Crippen molar-refractivity contribution in [1.29, 1.82) is 0 Å². The first-order valence-electron chi connectivity index (χ1n) is 9.46. The molecule has 1 amide bonds. The number of amides is 1. The number of thioether (sulfide) groups is 1. The first-order valence-corrected chi connectivity index (χ1v) is 10.3. The Morgan fingerprint density at radius 3 is 2.84 bits per heavy atom. The second-order valence-corrected chi connectivity index (χ2v) is 8.15. The van der Waals surface area contributed by atoms with Crippen LogP contribution in [0.5, 0.6) is 11.5 Å². The number of nitrogens with zero attached hydrogens (tertiary/aromatic N) is 2. The number of imidazole rings is 1. The molecule has 31 heavy (non-hydrogen) atoms. The van der Waals surface area contributed by atoms with Crippen LogP contribution in [0.2, 0.25) is 0 Å². The number of H-pyrrole nitrogens is 2. The Bertz CT molecular complexity index is 1310. The van der Waals surface area contributed by atoms with Crippen molar-refractivity contribution < 1.29 is 18.7 Å². The van der Waals surface area contributed by atoms with Gasteiger partial charge in [-0.1, -0.05) is 23.9 Å². The second-order valence-electron chi connectivity index (χ2n) is 6.86. The lowest BCUT2D eigenvalue weighted by Gasteiger charge is -2.23. The van der Waals surface area contributed by atoms with Crippen molar-refractivity contribution >= 4 is 34.4 Å². The van der Waals surface area contributed by atoms with Crippen molar-refractivity contribution in [2.24, 2.45) is 0 Å². The van der Waals surface area contributed by atoms with E-state index < -0.39 is 11.4 Å². The maximum atomic E-state index is 12.6. The fourth-order valence-corrected chi connectivity index (χ4v) is 3.79. The topological polar surface area (TPSA) is 135 Å². The summed E-state index contributed by atoms with van der Waals surface area (Å²) >= 11 is 1.14. The number of fused-ring (bicyclic) bond motifs is 2. The second kappa shape index (κ2) is 7.84. The van der Waals surface area contributed by atoms with Crippen LogP contribution in [-0.4, -0.2) is 37.9 Å². The number of carbonyl (C=O) groups excluding carboxylic acids is 1. The maximum absolute atomic E-state index is 12.6. The molecule has 2 atom stereocenters. The minimum absolute atomic E-state index is 0.242. The SMILES string of the molecule is CC(Sc1nnc(C2COc3ccccc3O2)o1)C(=O)Nc1ccc2[nH]c(=O)[nH]c2c1. The zero-order valence-electron chi connectivity index (χ0n) is 16.2. The van der Waals surface area contributed by atoms with E-state index in [1.54, 1.807) is 31.2 Å². The lowest BCUT2D eigenvalue weighted by molar-refractivity contribution is -0.115. The highest BCUT2D eigenvalue weighted by Gasteiger charge is 2.28. The molecule has 0 bridgehead atoms. The summed E-state index contributed by atoms with van der Waals surface area (Å²) in [6.45, 7) is 1.99. The van der Waals surface area contributed by atoms with E-state index in [4.69, 9.17) is 13.9 Å². The smallest absolute Gasteiger partial charge is 0.323 e. The van der Waals surface area contributed by atoms with Gasteiger partial charge in [-0.05, 0) is 37.3 Å². The number of carbonyl (C=O) groups is 1. The summed E-state index contributed by atoms with van der Waals surface area (Å²) in [5.41, 5.74) is 1.55. The summed E-state index contributed by atoms with van der Waals surface area (Å²) < 4.78 is 17.2. The molecule has 0 aliphatic carbocycles. The number of aromatic nitrogens is 4. The van der Waals surface area contributed by atoms with Crippen LogP contribution in [0, 0.1) is 0 Å². The molecule has 11 heteroatoms. The largest absolute Gasteiger partial charge is 0.485 e. The number of benzene rings is 2.